The molecule has 0 saturated carbocycles. The molecule has 1 nitrogen and oxygen atoms in total. The molecule has 0 N–H and O–H groups in total. The van der Waals surface area contributed by atoms with E-state index in [-0.39, 0.29) is 80.9 Å². The van der Waals surface area contributed by atoms with Crippen molar-refractivity contribution in [3.8, 4) is 0 Å². The molecule has 0 saturated heterocycles. The van der Waals surface area contributed by atoms with E-state index >= 15 is 0 Å². The van der Waals surface area contributed by atoms with Gasteiger partial charge >= 0.3 is 80.9 Å². The molecule has 0 aliphatic rings. The van der Waals surface area contributed by atoms with Gasteiger partial charge in [0, 0.05) is 0 Å². The van der Waals surface area contributed by atoms with Gasteiger partial charge in [-0.2, -0.15) is 0 Å². The van der Waals surface area contributed by atoms with Crippen molar-refractivity contribution in [2.75, 3.05) is 0 Å². The molecule has 0 unspecified atom stereocenters. The smallest absolute Gasteiger partial charge is 0.769 e. The predicted molar refractivity (Wildman–Crippen MR) is 13.0 cm³/mol. The molecule has 0 bridgehead atoms. The van der Waals surface area contributed by atoms with Gasteiger partial charge in [0.15, 0.2) is 0 Å². The summed E-state index contributed by atoms with van der Waals surface area (Å²) in [6.07, 6.45) is 0. The quantitative estimate of drug-likeness (QED) is 0.294. The van der Waals surface area contributed by atoms with Crippen LogP contribution in [0.15, 0.2) is 0 Å². The van der Waals surface area contributed by atoms with Crippen LogP contribution < -0.4 is 34.2 Å². The first kappa shape index (κ1) is 15.8. The molecule has 4 heteroatoms. The Labute approximate surface area is 95.0 Å². The Morgan fingerprint density at radius 1 is 1.25 bits per heavy atom. The van der Waals surface area contributed by atoms with Gasteiger partial charge in [-0.05, 0) is 0 Å². The first-order valence-electron chi connectivity index (χ1n) is 0.154. The van der Waals surface area contributed by atoms with Crippen LogP contribution in [0.3, 0.4) is 0 Å². The van der Waals surface area contributed by atoms with Gasteiger partial charge in [0.2, 0.25) is 0 Å². The van der Waals surface area contributed by atoms with E-state index in [1.54, 1.807) is 0 Å². The molecule has 4 heavy (non-hydrogen) atoms. The Hall–Kier alpha value is 2.89. The van der Waals surface area contributed by atoms with Gasteiger partial charge in [-0.25, -0.2) is 11.9 Å². The summed E-state index contributed by atoms with van der Waals surface area (Å²) in [5.74, 6) is 0. The zero-order valence-electron chi connectivity index (χ0n) is 1.79. The molecule has 0 amide bonds. The molecule has 0 aromatic carbocycles. The average Bonchev–Trinajstić information content (AvgIpc) is 1.00. The molecule has 0 aromatic heterocycles. The van der Waals surface area contributed by atoms with Crippen molar-refractivity contribution >= 4 is 63.3 Å². The van der Waals surface area contributed by atoms with E-state index in [0.717, 1.165) is 0 Å². The van der Waals surface area contributed by atoms with Gasteiger partial charge in [0.05, 0.1) is 0 Å². The summed E-state index contributed by atoms with van der Waals surface area (Å²) >= 11 is 3.39. The largest absolute Gasteiger partial charge is 1.00 e. The van der Waals surface area contributed by atoms with Crippen LogP contribution in [0.5, 0.6) is 0 Å². The standard InChI is InChI=1S/ClO.K.Na.H/c1-2;;;/q-1;;+1;. The first-order chi connectivity index (χ1) is 1.00. The van der Waals surface area contributed by atoms with Crippen LogP contribution in [0.4, 0.5) is 0 Å². The topological polar surface area (TPSA) is 23.1 Å². The van der Waals surface area contributed by atoms with E-state index in [1.165, 1.54) is 0 Å². The summed E-state index contributed by atoms with van der Waals surface area (Å²) in [6, 6.07) is 0. The van der Waals surface area contributed by atoms with E-state index in [1.807, 2.05) is 0 Å². The third-order valence-corrected chi connectivity index (χ3v) is 0. The minimum atomic E-state index is 0. The zero-order valence-corrected chi connectivity index (χ0v) is 4.54. The molecular formula is HClKNaO. The number of hydrogen-bond donors (Lipinski definition) is 0. The van der Waals surface area contributed by atoms with E-state index in [9.17, 15) is 0 Å². The fourth-order valence-corrected chi connectivity index (χ4v) is 0. The maximum Gasteiger partial charge on any atom is 1.00 e. The Bertz CT molecular complexity index is 8.00. The zero-order chi connectivity index (χ0) is 2.00. The molecule has 0 aromatic rings. The van der Waals surface area contributed by atoms with Crippen molar-refractivity contribution in [2.24, 2.45) is 0 Å². The van der Waals surface area contributed by atoms with Gasteiger partial charge in [-0.1, -0.05) is 0 Å². The SMILES string of the molecule is [KH].[Na+].[O-]Cl. The second-order valence-electron chi connectivity index (χ2n) is 0. The maximum atomic E-state index is 7.72. The third-order valence-electron chi connectivity index (χ3n) is 0. The molecule has 0 radical (unpaired) electrons. The fourth-order valence-electron chi connectivity index (χ4n) is 0. The van der Waals surface area contributed by atoms with Crippen molar-refractivity contribution < 1.29 is 34.2 Å². The summed E-state index contributed by atoms with van der Waals surface area (Å²) in [5.41, 5.74) is 0. The predicted octanol–water partition coefficient (Wildman–Crippen LogP) is -4.14. The summed E-state index contributed by atoms with van der Waals surface area (Å²) < 4.78 is 7.72. The Kier molecular flexibility index (Phi) is 66.6. The first-order valence-corrected chi connectivity index (χ1v) is 0.463. The minimum Gasteiger partial charge on any atom is -0.769 e. The Balaban J connectivity index is -0.00000000500. The van der Waals surface area contributed by atoms with Crippen LogP contribution in [0.2, 0.25) is 0 Å². The summed E-state index contributed by atoms with van der Waals surface area (Å²) in [4.78, 5) is 0. The van der Waals surface area contributed by atoms with Crippen molar-refractivity contribution in [1.29, 1.82) is 0 Å². The van der Waals surface area contributed by atoms with Crippen molar-refractivity contribution in [3.63, 3.8) is 0 Å². The van der Waals surface area contributed by atoms with Crippen molar-refractivity contribution in [2.45, 2.75) is 0 Å². The van der Waals surface area contributed by atoms with Crippen molar-refractivity contribution in [1.82, 2.24) is 0 Å². The Morgan fingerprint density at radius 2 is 1.25 bits per heavy atom. The van der Waals surface area contributed by atoms with Crippen LogP contribution >= 0.6 is 11.9 Å². The molecule has 0 heterocycles. The second kappa shape index (κ2) is 16.9. The number of halogens is 1. The monoisotopic (exact) mass is 114 g/mol. The number of rotatable bonds is 0. The molecular weight excluding hydrogens is 114 g/mol. The van der Waals surface area contributed by atoms with Gasteiger partial charge in [0.1, 0.15) is 0 Å². The molecule has 0 aliphatic heterocycles. The molecule has 16 valence electrons. The van der Waals surface area contributed by atoms with Crippen LogP contribution in [-0.4, -0.2) is 51.4 Å². The summed E-state index contributed by atoms with van der Waals surface area (Å²) in [7, 11) is 0. The molecule has 0 fully saturated rings. The Morgan fingerprint density at radius 3 is 1.25 bits per heavy atom. The second-order valence-corrected chi connectivity index (χ2v) is 0. The van der Waals surface area contributed by atoms with Gasteiger partial charge in [-0.3, -0.25) is 0 Å². The molecule has 0 aliphatic carbocycles. The van der Waals surface area contributed by atoms with Crippen LogP contribution in [0.1, 0.15) is 0 Å². The van der Waals surface area contributed by atoms with Crippen LogP contribution in [0, 0.1) is 0 Å². The van der Waals surface area contributed by atoms with Gasteiger partial charge in [0.25, 0.3) is 0 Å². The van der Waals surface area contributed by atoms with Crippen LogP contribution in [0.25, 0.3) is 0 Å². The summed E-state index contributed by atoms with van der Waals surface area (Å²) in [6.45, 7) is 0. The summed E-state index contributed by atoms with van der Waals surface area (Å²) in [5, 5.41) is 0. The molecule has 0 rings (SSSR count). The van der Waals surface area contributed by atoms with Gasteiger partial charge in [-0.15, -0.1) is 0 Å². The van der Waals surface area contributed by atoms with Crippen LogP contribution in [-0.2, 0) is 0 Å². The van der Waals surface area contributed by atoms with Gasteiger partial charge < -0.3 is 4.66 Å². The maximum absolute atomic E-state index is 7.72. The van der Waals surface area contributed by atoms with E-state index in [2.05, 4.69) is 11.9 Å². The van der Waals surface area contributed by atoms with Crippen molar-refractivity contribution in [3.05, 3.63) is 0 Å². The minimum absolute atomic E-state index is 0. The average molecular weight is 115 g/mol. The van der Waals surface area contributed by atoms with E-state index in [0.29, 0.717) is 0 Å². The van der Waals surface area contributed by atoms with E-state index < -0.39 is 0 Å². The van der Waals surface area contributed by atoms with E-state index in [4.69, 9.17) is 4.66 Å². The fraction of sp³-hybridized carbons (Fsp3) is 0. The number of hydrogen-bond acceptors (Lipinski definition) is 1. The third kappa shape index (κ3) is 8.86. The molecule has 0 atom stereocenters. The normalized spacial score (nSPS) is 1.50. The molecule has 0 spiro atoms.